The van der Waals surface area contributed by atoms with Crippen molar-refractivity contribution in [3.8, 4) is 22.9 Å². The average molecular weight is 396 g/mol. The van der Waals surface area contributed by atoms with Crippen LogP contribution in [0.3, 0.4) is 0 Å². The molecule has 0 aliphatic carbocycles. The lowest BCUT2D eigenvalue weighted by Crippen LogP contribution is -2.20. The van der Waals surface area contributed by atoms with Crippen molar-refractivity contribution in [3.63, 3.8) is 0 Å². The number of rotatable bonds is 8. The Bertz CT molecular complexity index is 1010. The molecular weight excluding hydrogens is 376 g/mol. The highest BCUT2D eigenvalue weighted by atomic mass is 16.5. The van der Waals surface area contributed by atoms with Crippen LogP contribution in [0.4, 0.5) is 0 Å². The van der Waals surface area contributed by atoms with Crippen LogP contribution in [0.15, 0.2) is 42.5 Å². The van der Waals surface area contributed by atoms with Gasteiger partial charge in [0.15, 0.2) is 30.4 Å². The Morgan fingerprint density at radius 2 is 1.72 bits per heavy atom. The molecule has 0 unspecified atom stereocenters. The van der Waals surface area contributed by atoms with Gasteiger partial charge >= 0.3 is 5.97 Å². The predicted molar refractivity (Wildman–Crippen MR) is 103 cm³/mol. The summed E-state index contributed by atoms with van der Waals surface area (Å²) in [4.78, 5) is 25.4. The van der Waals surface area contributed by atoms with Crippen LogP contribution in [0.5, 0.6) is 11.5 Å². The highest BCUT2D eigenvalue weighted by Crippen LogP contribution is 2.27. The van der Waals surface area contributed by atoms with Crippen LogP contribution in [0, 0.1) is 6.92 Å². The third kappa shape index (κ3) is 4.95. The second-order valence-corrected chi connectivity index (χ2v) is 6.16. The van der Waals surface area contributed by atoms with Crippen LogP contribution < -0.4 is 9.47 Å². The molecule has 0 aliphatic heterocycles. The lowest BCUT2D eigenvalue weighted by atomic mass is 10.1. The van der Waals surface area contributed by atoms with E-state index in [0.29, 0.717) is 22.9 Å². The molecule has 3 aromatic rings. The number of hydrogen-bond acceptors (Lipinski definition) is 8. The van der Waals surface area contributed by atoms with Gasteiger partial charge in [-0.3, -0.25) is 4.79 Å². The standard InChI is InChI=1S/C20H20N4O5/c1-13-4-6-14(7-5-13)20-21-23-24(22-20)11-19(26)29-12-16(25)15-8-9-17(27-2)18(10-15)28-3/h4-10H,11-12H2,1-3H3. The molecule has 0 saturated carbocycles. The van der Waals surface area contributed by atoms with E-state index in [1.807, 2.05) is 31.2 Å². The number of hydrogen-bond donors (Lipinski definition) is 0. The molecule has 0 spiro atoms. The number of Topliss-reactive ketones (excluding diaryl/α,β-unsaturated/α-hetero) is 1. The summed E-state index contributed by atoms with van der Waals surface area (Å²) in [5, 5.41) is 11.9. The van der Waals surface area contributed by atoms with E-state index >= 15 is 0 Å². The molecule has 0 aliphatic rings. The molecule has 2 aromatic carbocycles. The summed E-state index contributed by atoms with van der Waals surface area (Å²) in [6, 6.07) is 12.3. The highest BCUT2D eigenvalue weighted by Gasteiger charge is 2.15. The summed E-state index contributed by atoms with van der Waals surface area (Å²) in [5.74, 6) is 0.305. The van der Waals surface area contributed by atoms with E-state index in [-0.39, 0.29) is 12.3 Å². The maximum atomic E-state index is 12.3. The Kier molecular flexibility index (Phi) is 6.18. The zero-order valence-electron chi connectivity index (χ0n) is 16.3. The van der Waals surface area contributed by atoms with Crippen LogP contribution >= 0.6 is 0 Å². The van der Waals surface area contributed by atoms with Crippen molar-refractivity contribution in [2.75, 3.05) is 20.8 Å². The number of esters is 1. The number of ether oxygens (including phenoxy) is 3. The number of tetrazole rings is 1. The summed E-state index contributed by atoms with van der Waals surface area (Å²) in [6.07, 6.45) is 0. The number of aryl methyl sites for hydroxylation is 1. The van der Waals surface area contributed by atoms with E-state index in [1.54, 1.807) is 12.1 Å². The number of methoxy groups -OCH3 is 2. The topological polar surface area (TPSA) is 105 Å². The summed E-state index contributed by atoms with van der Waals surface area (Å²) in [5.41, 5.74) is 2.25. The van der Waals surface area contributed by atoms with Gasteiger partial charge in [-0.15, -0.1) is 10.2 Å². The van der Waals surface area contributed by atoms with Gasteiger partial charge in [-0.25, -0.2) is 4.79 Å². The average Bonchev–Trinajstić information content (AvgIpc) is 3.20. The molecule has 1 heterocycles. The fourth-order valence-corrected chi connectivity index (χ4v) is 2.53. The molecule has 150 valence electrons. The van der Waals surface area contributed by atoms with Gasteiger partial charge in [-0.05, 0) is 30.3 Å². The molecule has 0 saturated heterocycles. The first-order valence-corrected chi connectivity index (χ1v) is 8.76. The van der Waals surface area contributed by atoms with Crippen LogP contribution in [-0.4, -0.2) is 52.8 Å². The first-order chi connectivity index (χ1) is 14.0. The predicted octanol–water partition coefficient (Wildman–Crippen LogP) is 2.09. The third-order valence-corrected chi connectivity index (χ3v) is 4.10. The second kappa shape index (κ2) is 8.96. The van der Waals surface area contributed by atoms with Crippen molar-refractivity contribution < 1.29 is 23.8 Å². The van der Waals surface area contributed by atoms with Crippen molar-refractivity contribution in [2.24, 2.45) is 0 Å². The zero-order valence-corrected chi connectivity index (χ0v) is 16.3. The molecule has 1 aromatic heterocycles. The van der Waals surface area contributed by atoms with Crippen molar-refractivity contribution >= 4 is 11.8 Å². The van der Waals surface area contributed by atoms with Crippen LogP contribution in [0.2, 0.25) is 0 Å². The third-order valence-electron chi connectivity index (χ3n) is 4.10. The first-order valence-electron chi connectivity index (χ1n) is 8.76. The zero-order chi connectivity index (χ0) is 20.8. The summed E-state index contributed by atoms with van der Waals surface area (Å²) >= 11 is 0. The molecule has 0 atom stereocenters. The SMILES string of the molecule is COc1ccc(C(=O)COC(=O)Cn2nnc(-c3ccc(C)cc3)n2)cc1OC. The van der Waals surface area contributed by atoms with E-state index in [0.717, 1.165) is 15.9 Å². The minimum atomic E-state index is -0.647. The Balaban J connectivity index is 1.56. The van der Waals surface area contributed by atoms with E-state index in [9.17, 15) is 9.59 Å². The molecular formula is C20H20N4O5. The van der Waals surface area contributed by atoms with Gasteiger partial charge in [0.05, 0.1) is 14.2 Å². The second-order valence-electron chi connectivity index (χ2n) is 6.16. The molecule has 3 rings (SSSR count). The number of carbonyl (C=O) groups is 2. The van der Waals surface area contributed by atoms with Gasteiger partial charge in [0, 0.05) is 11.1 Å². The molecule has 29 heavy (non-hydrogen) atoms. The van der Waals surface area contributed by atoms with Crippen LogP contribution in [-0.2, 0) is 16.1 Å². The lowest BCUT2D eigenvalue weighted by Gasteiger charge is -2.09. The lowest BCUT2D eigenvalue weighted by molar-refractivity contribution is -0.143. The van der Waals surface area contributed by atoms with Gasteiger partial charge in [-0.2, -0.15) is 4.80 Å². The molecule has 9 heteroatoms. The fraction of sp³-hybridized carbons (Fsp3) is 0.250. The van der Waals surface area contributed by atoms with Gasteiger partial charge < -0.3 is 14.2 Å². The minimum Gasteiger partial charge on any atom is -0.493 e. The molecule has 0 fully saturated rings. The van der Waals surface area contributed by atoms with E-state index in [2.05, 4.69) is 15.4 Å². The molecule has 0 N–H and O–H groups in total. The Morgan fingerprint density at radius 1 is 1.00 bits per heavy atom. The van der Waals surface area contributed by atoms with E-state index < -0.39 is 12.6 Å². The van der Waals surface area contributed by atoms with Gasteiger partial charge in [0.1, 0.15) is 0 Å². The maximum absolute atomic E-state index is 12.3. The van der Waals surface area contributed by atoms with Gasteiger partial charge in [-0.1, -0.05) is 29.8 Å². The molecule has 9 nitrogen and oxygen atoms in total. The summed E-state index contributed by atoms with van der Waals surface area (Å²) in [6.45, 7) is 1.32. The van der Waals surface area contributed by atoms with Crippen LogP contribution in [0.1, 0.15) is 15.9 Å². The number of nitrogens with zero attached hydrogens (tertiary/aromatic N) is 4. The Labute approximate surface area is 167 Å². The minimum absolute atomic E-state index is 0.252. The quantitative estimate of drug-likeness (QED) is 0.421. The number of aromatic nitrogens is 4. The van der Waals surface area contributed by atoms with Gasteiger partial charge in [0.2, 0.25) is 5.82 Å². The smallest absolute Gasteiger partial charge is 0.330 e. The number of ketones is 1. The maximum Gasteiger partial charge on any atom is 0.330 e. The normalized spacial score (nSPS) is 10.4. The van der Waals surface area contributed by atoms with Crippen molar-refractivity contribution in [2.45, 2.75) is 13.5 Å². The first kappa shape index (κ1) is 20.0. The van der Waals surface area contributed by atoms with E-state index in [4.69, 9.17) is 14.2 Å². The molecule has 0 amide bonds. The van der Waals surface area contributed by atoms with Crippen molar-refractivity contribution in [1.29, 1.82) is 0 Å². The highest BCUT2D eigenvalue weighted by molar-refractivity contribution is 5.98. The molecule has 0 bridgehead atoms. The Morgan fingerprint density at radius 3 is 2.41 bits per heavy atom. The summed E-state index contributed by atoms with van der Waals surface area (Å²) in [7, 11) is 2.98. The number of carbonyl (C=O) groups excluding carboxylic acids is 2. The number of benzene rings is 2. The van der Waals surface area contributed by atoms with Crippen molar-refractivity contribution in [1.82, 2.24) is 20.2 Å². The monoisotopic (exact) mass is 396 g/mol. The van der Waals surface area contributed by atoms with Crippen LogP contribution in [0.25, 0.3) is 11.4 Å². The largest absolute Gasteiger partial charge is 0.493 e. The Hall–Kier alpha value is -3.75. The molecule has 0 radical (unpaired) electrons. The van der Waals surface area contributed by atoms with Gasteiger partial charge in [0.25, 0.3) is 0 Å². The van der Waals surface area contributed by atoms with Crippen molar-refractivity contribution in [3.05, 3.63) is 53.6 Å². The summed E-state index contributed by atoms with van der Waals surface area (Å²) < 4.78 is 15.3. The fourth-order valence-electron chi connectivity index (χ4n) is 2.53. The van der Waals surface area contributed by atoms with E-state index in [1.165, 1.54) is 20.3 Å².